The summed E-state index contributed by atoms with van der Waals surface area (Å²) in [6.07, 6.45) is 0.604. The first-order valence-electron chi connectivity index (χ1n) is 14.2. The van der Waals surface area contributed by atoms with E-state index in [2.05, 4.69) is 20.8 Å². The van der Waals surface area contributed by atoms with Gasteiger partial charge >= 0.3 is 11.9 Å². The van der Waals surface area contributed by atoms with Crippen LogP contribution in [0, 0.1) is 12.7 Å². The van der Waals surface area contributed by atoms with Gasteiger partial charge in [0, 0.05) is 6.54 Å². The van der Waals surface area contributed by atoms with Crippen LogP contribution < -0.4 is 10.6 Å². The van der Waals surface area contributed by atoms with E-state index < -0.39 is 29.6 Å². The van der Waals surface area contributed by atoms with Gasteiger partial charge in [-0.05, 0) is 50.5 Å². The Morgan fingerprint density at radius 2 is 1.70 bits per heavy atom. The highest BCUT2D eigenvalue weighted by atomic mass is 35.5. The molecule has 2 amide bonds. The van der Waals surface area contributed by atoms with Crippen LogP contribution in [0.5, 0.6) is 0 Å². The largest absolute Gasteiger partial charge is 0.462 e. The molecule has 2 aromatic heterocycles. The highest BCUT2D eigenvalue weighted by Gasteiger charge is 2.27. The van der Waals surface area contributed by atoms with Crippen molar-refractivity contribution >= 4 is 63.5 Å². The number of thiophene rings is 1. The van der Waals surface area contributed by atoms with E-state index in [1.165, 1.54) is 12.1 Å². The molecule has 242 valence electrons. The normalized spacial score (nSPS) is 10.8. The fraction of sp³-hybridized carbons (Fsp3) is 0.290. The number of rotatable bonds is 14. The van der Waals surface area contributed by atoms with E-state index in [-0.39, 0.29) is 51.5 Å². The molecule has 0 saturated heterocycles. The molecule has 11 nitrogen and oxygen atoms in total. The second-order valence-corrected chi connectivity index (χ2v) is 12.0. The molecule has 46 heavy (non-hydrogen) atoms. The Balaban J connectivity index is 1.51. The van der Waals surface area contributed by atoms with Crippen molar-refractivity contribution in [3.05, 3.63) is 92.3 Å². The molecule has 4 aromatic rings. The lowest BCUT2D eigenvalue weighted by Crippen LogP contribution is -2.26. The summed E-state index contributed by atoms with van der Waals surface area (Å²) in [7, 11) is 0. The predicted molar refractivity (Wildman–Crippen MR) is 173 cm³/mol. The number of thioether (sulfide) groups is 1. The summed E-state index contributed by atoms with van der Waals surface area (Å²) in [4.78, 5) is 51.2. The van der Waals surface area contributed by atoms with Crippen LogP contribution in [0.2, 0.25) is 5.02 Å². The number of nitrogens with zero attached hydrogens (tertiary/aromatic N) is 3. The zero-order chi connectivity index (χ0) is 33.2. The summed E-state index contributed by atoms with van der Waals surface area (Å²) in [6, 6.07) is 13.7. The number of amides is 2. The van der Waals surface area contributed by atoms with Crippen molar-refractivity contribution in [2.24, 2.45) is 0 Å². The number of hydrogen-bond acceptors (Lipinski definition) is 10. The van der Waals surface area contributed by atoms with Crippen molar-refractivity contribution in [1.82, 2.24) is 20.1 Å². The molecule has 0 bridgehead atoms. The van der Waals surface area contributed by atoms with Crippen molar-refractivity contribution in [1.29, 1.82) is 0 Å². The van der Waals surface area contributed by atoms with Gasteiger partial charge in [0.2, 0.25) is 5.91 Å². The molecule has 0 aliphatic carbocycles. The van der Waals surface area contributed by atoms with Gasteiger partial charge in [0.1, 0.15) is 15.7 Å². The fourth-order valence-electron chi connectivity index (χ4n) is 4.36. The number of carbonyl (C=O) groups is 4. The molecular weight excluding hydrogens is 657 g/mol. The molecule has 0 fully saturated rings. The number of carbonyl (C=O) groups excluding carboxylic acids is 4. The van der Waals surface area contributed by atoms with E-state index in [1.807, 2.05) is 30.3 Å². The first-order valence-corrected chi connectivity index (χ1v) is 16.4. The van der Waals surface area contributed by atoms with Crippen LogP contribution in [0.4, 0.5) is 9.39 Å². The molecule has 0 spiro atoms. The summed E-state index contributed by atoms with van der Waals surface area (Å²) in [5.74, 6) is -2.92. The molecule has 0 atom stereocenters. The molecule has 0 unspecified atom stereocenters. The molecule has 15 heteroatoms. The van der Waals surface area contributed by atoms with Crippen LogP contribution in [0.3, 0.4) is 0 Å². The third-order valence-electron chi connectivity index (χ3n) is 6.53. The molecule has 0 radical (unpaired) electrons. The van der Waals surface area contributed by atoms with Crippen molar-refractivity contribution in [3.8, 4) is 0 Å². The minimum absolute atomic E-state index is 0.0215. The number of aryl methyl sites for hydroxylation is 1. The van der Waals surface area contributed by atoms with E-state index in [0.29, 0.717) is 29.5 Å². The minimum Gasteiger partial charge on any atom is -0.462 e. The lowest BCUT2D eigenvalue weighted by atomic mass is 10.1. The van der Waals surface area contributed by atoms with Crippen molar-refractivity contribution < 1.29 is 33.0 Å². The number of anilines is 1. The molecule has 4 rings (SSSR count). The Morgan fingerprint density at radius 1 is 0.978 bits per heavy atom. The lowest BCUT2D eigenvalue weighted by molar-refractivity contribution is -0.113. The predicted octanol–water partition coefficient (Wildman–Crippen LogP) is 5.70. The Kier molecular flexibility index (Phi) is 12.3. The van der Waals surface area contributed by atoms with Gasteiger partial charge in [-0.25, -0.2) is 14.0 Å². The molecule has 2 heterocycles. The molecule has 0 saturated carbocycles. The second kappa shape index (κ2) is 16.3. The van der Waals surface area contributed by atoms with Gasteiger partial charge in [0.05, 0.1) is 41.7 Å². The number of esters is 2. The summed E-state index contributed by atoms with van der Waals surface area (Å²) >= 11 is 8.08. The van der Waals surface area contributed by atoms with Crippen molar-refractivity contribution in [2.75, 3.05) is 24.3 Å². The number of halogens is 2. The monoisotopic (exact) mass is 687 g/mol. The van der Waals surface area contributed by atoms with Gasteiger partial charge < -0.3 is 24.7 Å². The summed E-state index contributed by atoms with van der Waals surface area (Å²) in [6.45, 7) is 5.53. The Morgan fingerprint density at radius 3 is 2.39 bits per heavy atom. The zero-order valence-electron chi connectivity index (χ0n) is 25.2. The molecule has 2 N–H and O–H groups in total. The number of benzene rings is 2. The molecule has 0 aliphatic rings. The summed E-state index contributed by atoms with van der Waals surface area (Å²) in [5.41, 5.74) is 1.22. The van der Waals surface area contributed by atoms with Gasteiger partial charge in [-0.1, -0.05) is 59.8 Å². The minimum atomic E-state index is -0.751. The average molecular weight is 688 g/mol. The average Bonchev–Trinajstić information content (AvgIpc) is 3.57. The Bertz CT molecular complexity index is 1710. The highest BCUT2D eigenvalue weighted by molar-refractivity contribution is 7.99. The van der Waals surface area contributed by atoms with Crippen LogP contribution in [0.25, 0.3) is 0 Å². The first kappa shape index (κ1) is 34.6. The Hall–Kier alpha value is -4.27. The van der Waals surface area contributed by atoms with Crippen molar-refractivity contribution in [2.45, 2.75) is 45.4 Å². The van der Waals surface area contributed by atoms with Gasteiger partial charge in [-0.2, -0.15) is 0 Å². The maximum atomic E-state index is 14.3. The van der Waals surface area contributed by atoms with Crippen molar-refractivity contribution in [3.63, 3.8) is 0 Å². The van der Waals surface area contributed by atoms with Crippen LogP contribution in [-0.2, 0) is 33.8 Å². The second-order valence-electron chi connectivity index (χ2n) is 9.60. The van der Waals surface area contributed by atoms with E-state index in [1.54, 1.807) is 25.3 Å². The SMILES string of the molecule is CCOC(=O)c1sc(NC(=O)CSc2nnc(CNC(=O)c3c(F)cccc3Cl)n2CCc2ccccc2)c(C(=O)OCC)c1C. The smallest absolute Gasteiger partial charge is 0.348 e. The standard InChI is InChI=1S/C31H31ClFN5O6S2/c1-4-43-29(41)24-18(3)26(30(42)44-5-2)46-28(24)35-23(39)17-45-31-37-36-22(38(31)15-14-19-10-7-6-8-11-19)16-34-27(40)25-20(32)12-9-13-21(25)33/h6-13H,4-5,14-17H2,1-3H3,(H,34,40)(H,35,39). The van der Waals surface area contributed by atoms with E-state index in [0.717, 1.165) is 34.7 Å². The maximum Gasteiger partial charge on any atom is 0.348 e. The summed E-state index contributed by atoms with van der Waals surface area (Å²) < 4.78 is 26.3. The van der Waals surface area contributed by atoms with E-state index in [9.17, 15) is 23.6 Å². The number of hydrogen-bond donors (Lipinski definition) is 2. The number of nitrogens with one attached hydrogen (secondary N) is 2. The number of aromatic nitrogens is 3. The zero-order valence-corrected chi connectivity index (χ0v) is 27.6. The quantitative estimate of drug-likeness (QED) is 0.126. The van der Waals surface area contributed by atoms with Gasteiger partial charge in [-0.3, -0.25) is 9.59 Å². The van der Waals surface area contributed by atoms with E-state index >= 15 is 0 Å². The molecule has 0 aliphatic heterocycles. The highest BCUT2D eigenvalue weighted by Crippen LogP contribution is 2.34. The third kappa shape index (κ3) is 8.50. The third-order valence-corrected chi connectivity index (χ3v) is 9.00. The molecule has 2 aromatic carbocycles. The fourth-order valence-corrected chi connectivity index (χ4v) is 6.50. The Labute approximate surface area is 277 Å². The van der Waals surface area contributed by atoms with Gasteiger partial charge in [0.15, 0.2) is 11.0 Å². The maximum absolute atomic E-state index is 14.3. The van der Waals surface area contributed by atoms with Gasteiger partial charge in [0.25, 0.3) is 5.91 Å². The van der Waals surface area contributed by atoms with Crippen LogP contribution in [0.1, 0.15) is 61.2 Å². The van der Waals surface area contributed by atoms with Crippen LogP contribution >= 0.6 is 34.7 Å². The first-order chi connectivity index (χ1) is 22.1. The topological polar surface area (TPSA) is 142 Å². The molecular formula is C31H31ClFN5O6S2. The summed E-state index contributed by atoms with van der Waals surface area (Å²) in [5, 5.41) is 14.4. The number of ether oxygens (including phenoxy) is 2. The van der Waals surface area contributed by atoms with Gasteiger partial charge in [-0.15, -0.1) is 21.5 Å². The van der Waals surface area contributed by atoms with E-state index in [4.69, 9.17) is 21.1 Å². The van der Waals surface area contributed by atoms with Crippen LogP contribution in [0.15, 0.2) is 53.7 Å². The van der Waals surface area contributed by atoms with Crippen LogP contribution in [-0.4, -0.2) is 57.5 Å². The lowest BCUT2D eigenvalue weighted by Gasteiger charge is -2.12.